The summed E-state index contributed by atoms with van der Waals surface area (Å²) >= 11 is 5.88. The summed E-state index contributed by atoms with van der Waals surface area (Å²) in [5.41, 5.74) is 0. The van der Waals surface area contributed by atoms with Gasteiger partial charge in [0.05, 0.1) is 23.9 Å². The zero-order chi connectivity index (χ0) is 15.9. The van der Waals surface area contributed by atoms with Gasteiger partial charge in [0.1, 0.15) is 18.2 Å². The van der Waals surface area contributed by atoms with Gasteiger partial charge in [0.15, 0.2) is 6.29 Å². The van der Waals surface area contributed by atoms with Gasteiger partial charge in [-0.05, 0) is 13.8 Å². The van der Waals surface area contributed by atoms with Crippen molar-refractivity contribution in [1.29, 1.82) is 0 Å². The van der Waals surface area contributed by atoms with Crippen molar-refractivity contribution >= 4 is 17.6 Å². The van der Waals surface area contributed by atoms with Crippen LogP contribution in [0.1, 0.15) is 19.9 Å². The van der Waals surface area contributed by atoms with E-state index in [4.69, 9.17) is 21.1 Å². The number of hydrogen-bond donors (Lipinski definition) is 3. The predicted octanol–water partition coefficient (Wildman–Crippen LogP) is 0.270. The van der Waals surface area contributed by atoms with E-state index in [0.29, 0.717) is 11.6 Å². The summed E-state index contributed by atoms with van der Waals surface area (Å²) in [6, 6.07) is -1.53. The number of urea groups is 1. The van der Waals surface area contributed by atoms with E-state index in [1.165, 1.54) is 10.9 Å². The Morgan fingerprint density at radius 2 is 2.36 bits per heavy atom. The van der Waals surface area contributed by atoms with Gasteiger partial charge in [-0.3, -0.25) is 4.68 Å². The zero-order valence-electron chi connectivity index (χ0n) is 12.3. The third-order valence-corrected chi connectivity index (χ3v) is 3.92. The molecule has 1 aromatic heterocycles. The molecular weight excluding hydrogens is 312 g/mol. The predicted molar refractivity (Wildman–Crippen MR) is 77.5 cm³/mol. The van der Waals surface area contributed by atoms with Crippen molar-refractivity contribution in [2.45, 2.75) is 50.5 Å². The Bertz CT molecular complexity index is 552. The van der Waals surface area contributed by atoms with Crippen molar-refractivity contribution in [3.8, 4) is 0 Å². The fourth-order valence-electron chi connectivity index (χ4n) is 2.79. The molecule has 8 nitrogen and oxygen atoms in total. The topological polar surface area (TPSA) is 97.6 Å². The molecule has 0 radical (unpaired) electrons. The number of rotatable bonds is 3. The van der Waals surface area contributed by atoms with E-state index in [2.05, 4.69) is 15.7 Å². The quantitative estimate of drug-likeness (QED) is 0.739. The van der Waals surface area contributed by atoms with Crippen LogP contribution in [0, 0.1) is 0 Å². The number of amides is 2. The van der Waals surface area contributed by atoms with Crippen LogP contribution < -0.4 is 10.6 Å². The van der Waals surface area contributed by atoms with E-state index in [-0.39, 0.29) is 18.2 Å². The van der Waals surface area contributed by atoms with Crippen molar-refractivity contribution < 1.29 is 19.4 Å². The third kappa shape index (κ3) is 2.91. The Morgan fingerprint density at radius 1 is 1.59 bits per heavy atom. The molecule has 2 bridgehead atoms. The van der Waals surface area contributed by atoms with Gasteiger partial charge < -0.3 is 25.2 Å². The number of halogens is 1. The molecule has 2 aliphatic heterocycles. The Labute approximate surface area is 132 Å². The number of aliphatic hydroxyl groups is 1. The number of nitrogens with one attached hydrogen (secondary N) is 2. The molecule has 2 saturated heterocycles. The van der Waals surface area contributed by atoms with Crippen LogP contribution in [0.4, 0.5) is 4.79 Å². The van der Waals surface area contributed by atoms with Gasteiger partial charge in [-0.15, -0.1) is 0 Å². The molecule has 5 atom stereocenters. The van der Waals surface area contributed by atoms with Crippen molar-refractivity contribution in [2.24, 2.45) is 0 Å². The lowest BCUT2D eigenvalue weighted by atomic mass is 9.96. The molecule has 22 heavy (non-hydrogen) atoms. The highest BCUT2D eigenvalue weighted by atomic mass is 35.5. The Morgan fingerprint density at radius 3 is 3.00 bits per heavy atom. The Hall–Kier alpha value is -1.35. The standard InChI is InChI=1S/C13H19ClN4O4/c1-6(2)16-13(20)17-9-8-5-21-12(22-8)10(11(9)19)18-4-7(14)3-15-18/h3-4,6,8-12,19H,5H2,1-2H3,(H2,16,17,20)/t8-,9-,10-,11+,12-/m1/s1. The number of carbonyl (C=O) groups excluding carboxylic acids is 1. The largest absolute Gasteiger partial charge is 0.388 e. The molecule has 122 valence electrons. The van der Waals surface area contributed by atoms with E-state index in [1.54, 1.807) is 6.20 Å². The van der Waals surface area contributed by atoms with Gasteiger partial charge in [-0.25, -0.2) is 4.79 Å². The van der Waals surface area contributed by atoms with Crippen LogP contribution in [0.2, 0.25) is 5.02 Å². The molecule has 9 heteroatoms. The summed E-state index contributed by atoms with van der Waals surface area (Å²) < 4.78 is 12.8. The lowest BCUT2D eigenvalue weighted by molar-refractivity contribution is -0.166. The maximum absolute atomic E-state index is 11.9. The maximum Gasteiger partial charge on any atom is 0.315 e. The fraction of sp³-hybridized carbons (Fsp3) is 0.692. The first-order valence-electron chi connectivity index (χ1n) is 7.17. The molecule has 0 saturated carbocycles. The number of aliphatic hydroxyl groups excluding tert-OH is 1. The molecule has 0 unspecified atom stereocenters. The maximum atomic E-state index is 11.9. The summed E-state index contributed by atoms with van der Waals surface area (Å²) in [5.74, 6) is 0. The average Bonchev–Trinajstić information content (AvgIpc) is 3.03. The van der Waals surface area contributed by atoms with E-state index < -0.39 is 24.5 Å². The molecule has 3 N–H and O–H groups in total. The molecule has 3 heterocycles. The number of carbonyl (C=O) groups is 1. The van der Waals surface area contributed by atoms with Crippen LogP contribution in [0.5, 0.6) is 0 Å². The fourth-order valence-corrected chi connectivity index (χ4v) is 2.94. The second-order valence-corrected chi connectivity index (χ2v) is 6.23. The first-order chi connectivity index (χ1) is 10.5. The zero-order valence-corrected chi connectivity index (χ0v) is 13.0. The lowest BCUT2D eigenvalue weighted by Crippen LogP contribution is -2.60. The molecule has 0 spiro atoms. The highest BCUT2D eigenvalue weighted by molar-refractivity contribution is 6.30. The van der Waals surface area contributed by atoms with Crippen molar-refractivity contribution in [1.82, 2.24) is 20.4 Å². The molecule has 2 fully saturated rings. The second kappa shape index (κ2) is 6.04. The van der Waals surface area contributed by atoms with Crippen LogP contribution in [0.15, 0.2) is 12.4 Å². The summed E-state index contributed by atoms with van der Waals surface area (Å²) in [6.45, 7) is 4.02. The Balaban J connectivity index is 1.77. The normalized spacial score (nSPS) is 34.0. The van der Waals surface area contributed by atoms with Crippen LogP contribution in [0.25, 0.3) is 0 Å². The van der Waals surface area contributed by atoms with Crippen molar-refractivity contribution in [2.75, 3.05) is 6.61 Å². The molecular formula is C13H19ClN4O4. The van der Waals surface area contributed by atoms with Gasteiger partial charge in [0.25, 0.3) is 0 Å². The first-order valence-corrected chi connectivity index (χ1v) is 7.55. The minimum absolute atomic E-state index is 0.00468. The van der Waals surface area contributed by atoms with Crippen LogP contribution in [0.3, 0.4) is 0 Å². The van der Waals surface area contributed by atoms with E-state index in [1.807, 2.05) is 13.8 Å². The second-order valence-electron chi connectivity index (χ2n) is 5.79. The number of aromatic nitrogens is 2. The number of ether oxygens (including phenoxy) is 2. The van der Waals surface area contributed by atoms with Gasteiger partial charge in [0.2, 0.25) is 0 Å². The smallest absolute Gasteiger partial charge is 0.315 e. The Kier molecular flexibility index (Phi) is 4.26. The lowest BCUT2D eigenvalue weighted by Gasteiger charge is -2.38. The van der Waals surface area contributed by atoms with Gasteiger partial charge in [0, 0.05) is 12.2 Å². The first kappa shape index (κ1) is 15.5. The van der Waals surface area contributed by atoms with Crippen molar-refractivity contribution in [3.63, 3.8) is 0 Å². The number of hydrogen-bond acceptors (Lipinski definition) is 5. The number of fused-ring (bicyclic) bond motifs is 2. The summed E-state index contributed by atoms with van der Waals surface area (Å²) in [4.78, 5) is 11.9. The molecule has 0 aliphatic carbocycles. The van der Waals surface area contributed by atoms with Gasteiger partial charge >= 0.3 is 6.03 Å². The third-order valence-electron chi connectivity index (χ3n) is 3.72. The van der Waals surface area contributed by atoms with Gasteiger partial charge in [-0.1, -0.05) is 11.6 Å². The molecule has 2 aliphatic rings. The minimum atomic E-state index is -0.903. The summed E-state index contributed by atoms with van der Waals surface area (Å²) in [7, 11) is 0. The van der Waals surface area contributed by atoms with Crippen LogP contribution >= 0.6 is 11.6 Å². The van der Waals surface area contributed by atoms with Crippen molar-refractivity contribution in [3.05, 3.63) is 17.4 Å². The number of nitrogens with zero attached hydrogens (tertiary/aromatic N) is 2. The minimum Gasteiger partial charge on any atom is -0.388 e. The highest BCUT2D eigenvalue weighted by Gasteiger charge is 2.51. The highest BCUT2D eigenvalue weighted by Crippen LogP contribution is 2.35. The van der Waals surface area contributed by atoms with E-state index in [9.17, 15) is 9.90 Å². The van der Waals surface area contributed by atoms with Crippen LogP contribution in [-0.2, 0) is 9.47 Å². The summed E-state index contributed by atoms with van der Waals surface area (Å²) in [6.07, 6.45) is 1.16. The molecule has 3 rings (SSSR count). The van der Waals surface area contributed by atoms with Gasteiger partial charge in [-0.2, -0.15) is 5.10 Å². The van der Waals surface area contributed by atoms with E-state index in [0.717, 1.165) is 0 Å². The van der Waals surface area contributed by atoms with Crippen LogP contribution in [-0.4, -0.2) is 58.1 Å². The average molecular weight is 331 g/mol. The molecule has 2 amide bonds. The molecule has 1 aromatic rings. The SMILES string of the molecule is CC(C)NC(=O)N[C@H]1[C@H](O)[C@@H](n2cc(Cl)cn2)[C@@H]2OC[C@H]1O2. The molecule has 0 aromatic carbocycles. The van der Waals surface area contributed by atoms with E-state index >= 15 is 0 Å². The summed E-state index contributed by atoms with van der Waals surface area (Å²) in [5, 5.41) is 20.7. The monoisotopic (exact) mass is 330 g/mol.